The van der Waals surface area contributed by atoms with Gasteiger partial charge in [0.25, 0.3) is 0 Å². The Morgan fingerprint density at radius 2 is 0.974 bits per heavy atom. The van der Waals surface area contributed by atoms with Gasteiger partial charge in [-0.1, -0.05) is 129 Å². The Morgan fingerprint density at radius 3 is 1.42 bits per heavy atom. The normalized spacial score (nSPS) is 12.2. The molecule has 0 fully saturated rings. The van der Waals surface area contributed by atoms with Crippen molar-refractivity contribution in [3.63, 3.8) is 0 Å². The molecule has 0 aliphatic heterocycles. The zero-order chi connectivity index (χ0) is 27.9. The fraction of sp³-hybridized carbons (Fsp3) is 0.879. The summed E-state index contributed by atoms with van der Waals surface area (Å²) in [6.45, 7) is 4.55. The molecule has 0 amide bonds. The van der Waals surface area contributed by atoms with Gasteiger partial charge >= 0.3 is 11.9 Å². The van der Waals surface area contributed by atoms with E-state index < -0.39 is 6.10 Å². The van der Waals surface area contributed by atoms with E-state index in [1.165, 1.54) is 103 Å². The van der Waals surface area contributed by atoms with Crippen LogP contribution >= 0.6 is 11.6 Å². The minimum Gasteiger partial charge on any atom is -0.462 e. The lowest BCUT2D eigenvalue weighted by Gasteiger charge is -2.15. The van der Waals surface area contributed by atoms with Gasteiger partial charge in [-0.25, -0.2) is 0 Å². The molecule has 1 unspecified atom stereocenters. The van der Waals surface area contributed by atoms with Crippen molar-refractivity contribution < 1.29 is 19.1 Å². The number of hydrogen-bond acceptors (Lipinski definition) is 4. The van der Waals surface area contributed by atoms with Crippen LogP contribution in [-0.4, -0.2) is 30.5 Å². The first-order valence-electron chi connectivity index (χ1n) is 16.2. The van der Waals surface area contributed by atoms with Crippen LogP contribution in [0.15, 0.2) is 12.2 Å². The number of alkyl halides is 1. The molecule has 224 valence electrons. The molecule has 5 heteroatoms. The largest absolute Gasteiger partial charge is 0.462 e. The number of esters is 2. The molecule has 0 aliphatic carbocycles. The summed E-state index contributed by atoms with van der Waals surface area (Å²) in [5.41, 5.74) is 0. The number of hydrogen-bond donors (Lipinski definition) is 0. The van der Waals surface area contributed by atoms with E-state index in [0.717, 1.165) is 38.5 Å². The number of rotatable bonds is 29. The molecule has 1 atom stereocenters. The van der Waals surface area contributed by atoms with Gasteiger partial charge < -0.3 is 9.47 Å². The standard InChI is InChI=1S/C33H61ClO4/c1-3-5-7-9-11-13-14-15-16-17-18-20-22-24-26-28-33(36)38-31(29-34)30-37-32(35)27-25-23-21-19-12-10-8-6-4-2/h15-16,31H,3-14,17-30H2,1-2H3/b16-15-. The highest BCUT2D eigenvalue weighted by Crippen LogP contribution is 2.13. The van der Waals surface area contributed by atoms with Gasteiger partial charge in [-0.15, -0.1) is 11.6 Å². The summed E-state index contributed by atoms with van der Waals surface area (Å²) in [6, 6.07) is 0. The highest BCUT2D eigenvalue weighted by atomic mass is 35.5. The van der Waals surface area contributed by atoms with Crippen molar-refractivity contribution in [2.75, 3.05) is 12.5 Å². The van der Waals surface area contributed by atoms with Gasteiger partial charge in [-0.3, -0.25) is 9.59 Å². The van der Waals surface area contributed by atoms with E-state index in [4.69, 9.17) is 21.1 Å². The van der Waals surface area contributed by atoms with Gasteiger partial charge in [0.05, 0.1) is 5.88 Å². The molecule has 0 saturated heterocycles. The molecular weight excluding hydrogens is 496 g/mol. The van der Waals surface area contributed by atoms with Crippen LogP contribution in [0.25, 0.3) is 0 Å². The van der Waals surface area contributed by atoms with E-state index >= 15 is 0 Å². The van der Waals surface area contributed by atoms with E-state index in [1.807, 2.05) is 0 Å². The summed E-state index contributed by atoms with van der Waals surface area (Å²) in [5, 5.41) is 0. The third-order valence-electron chi connectivity index (χ3n) is 7.03. The van der Waals surface area contributed by atoms with Gasteiger partial charge in [-0.05, 0) is 38.5 Å². The monoisotopic (exact) mass is 556 g/mol. The van der Waals surface area contributed by atoms with Crippen LogP contribution < -0.4 is 0 Å². The molecule has 0 aromatic heterocycles. The van der Waals surface area contributed by atoms with Crippen LogP contribution in [0.4, 0.5) is 0 Å². The smallest absolute Gasteiger partial charge is 0.306 e. The summed E-state index contributed by atoms with van der Waals surface area (Å²) >= 11 is 5.93. The average molecular weight is 557 g/mol. The first-order chi connectivity index (χ1) is 18.6. The van der Waals surface area contributed by atoms with Crippen LogP contribution in [0.3, 0.4) is 0 Å². The second-order valence-corrected chi connectivity index (χ2v) is 11.2. The van der Waals surface area contributed by atoms with E-state index in [0.29, 0.717) is 12.8 Å². The summed E-state index contributed by atoms with van der Waals surface area (Å²) in [7, 11) is 0. The zero-order valence-corrected chi connectivity index (χ0v) is 25.9. The van der Waals surface area contributed by atoms with E-state index in [-0.39, 0.29) is 24.4 Å². The molecule has 0 N–H and O–H groups in total. The number of unbranched alkanes of at least 4 members (excludes halogenated alkanes) is 19. The summed E-state index contributed by atoms with van der Waals surface area (Å²) in [4.78, 5) is 24.1. The number of carbonyl (C=O) groups excluding carboxylic acids is 2. The molecule has 0 aliphatic rings. The van der Waals surface area contributed by atoms with Crippen molar-refractivity contribution in [3.8, 4) is 0 Å². The van der Waals surface area contributed by atoms with Gasteiger partial charge in [0.2, 0.25) is 0 Å². The maximum Gasteiger partial charge on any atom is 0.306 e. The van der Waals surface area contributed by atoms with E-state index in [1.54, 1.807) is 0 Å². The molecule has 0 saturated carbocycles. The zero-order valence-electron chi connectivity index (χ0n) is 25.1. The highest BCUT2D eigenvalue weighted by molar-refractivity contribution is 6.18. The Balaban J connectivity index is 3.58. The molecular formula is C33H61ClO4. The third-order valence-corrected chi connectivity index (χ3v) is 7.37. The van der Waals surface area contributed by atoms with Gasteiger partial charge in [-0.2, -0.15) is 0 Å². The lowest BCUT2D eigenvalue weighted by atomic mass is 10.1. The Kier molecular flexibility index (Phi) is 29.7. The third kappa shape index (κ3) is 28.0. The van der Waals surface area contributed by atoms with Crippen molar-refractivity contribution >= 4 is 23.5 Å². The lowest BCUT2D eigenvalue weighted by Crippen LogP contribution is -2.26. The van der Waals surface area contributed by atoms with Crippen molar-refractivity contribution in [3.05, 3.63) is 12.2 Å². The molecule has 0 heterocycles. The number of halogens is 1. The Labute approximate surface area is 241 Å². The van der Waals surface area contributed by atoms with Crippen LogP contribution in [0.2, 0.25) is 0 Å². The fourth-order valence-electron chi connectivity index (χ4n) is 4.53. The van der Waals surface area contributed by atoms with Gasteiger partial charge in [0.15, 0.2) is 0 Å². The first-order valence-corrected chi connectivity index (χ1v) is 16.7. The quantitative estimate of drug-likeness (QED) is 0.0397. The lowest BCUT2D eigenvalue weighted by molar-refractivity contribution is -0.157. The SMILES string of the molecule is CCCCCCCC/C=C\CCCCCCCC(=O)OC(CCl)COC(=O)CCCCCCCCCCC. The second-order valence-electron chi connectivity index (χ2n) is 10.9. The summed E-state index contributed by atoms with van der Waals surface area (Å²) in [6.07, 6.45) is 31.8. The Bertz CT molecular complexity index is 549. The maximum atomic E-state index is 12.1. The van der Waals surface area contributed by atoms with Crippen molar-refractivity contribution in [1.29, 1.82) is 0 Å². The number of ether oxygens (including phenoxy) is 2. The summed E-state index contributed by atoms with van der Waals surface area (Å²) in [5.74, 6) is -0.330. The van der Waals surface area contributed by atoms with Crippen LogP contribution in [-0.2, 0) is 19.1 Å². The average Bonchev–Trinajstić information content (AvgIpc) is 2.92. The predicted molar refractivity (Wildman–Crippen MR) is 163 cm³/mol. The van der Waals surface area contributed by atoms with Crippen LogP contribution in [0, 0.1) is 0 Å². The van der Waals surface area contributed by atoms with Crippen molar-refractivity contribution in [2.45, 2.75) is 174 Å². The minimum atomic E-state index is -0.556. The molecule has 0 bridgehead atoms. The summed E-state index contributed by atoms with van der Waals surface area (Å²) < 4.78 is 10.7. The molecule has 0 aromatic carbocycles. The highest BCUT2D eigenvalue weighted by Gasteiger charge is 2.16. The topological polar surface area (TPSA) is 52.6 Å². The van der Waals surface area contributed by atoms with E-state index in [9.17, 15) is 9.59 Å². The van der Waals surface area contributed by atoms with Crippen molar-refractivity contribution in [1.82, 2.24) is 0 Å². The molecule has 0 spiro atoms. The minimum absolute atomic E-state index is 0.0534. The Hall–Kier alpha value is -1.03. The van der Waals surface area contributed by atoms with Gasteiger partial charge in [0, 0.05) is 12.8 Å². The molecule has 0 rings (SSSR count). The molecule has 38 heavy (non-hydrogen) atoms. The first kappa shape index (κ1) is 37.0. The van der Waals surface area contributed by atoms with Crippen LogP contribution in [0.1, 0.15) is 168 Å². The molecule has 4 nitrogen and oxygen atoms in total. The van der Waals surface area contributed by atoms with Crippen molar-refractivity contribution in [2.24, 2.45) is 0 Å². The predicted octanol–water partition coefficient (Wildman–Crippen LogP) is 10.6. The maximum absolute atomic E-state index is 12.1. The Morgan fingerprint density at radius 1 is 0.579 bits per heavy atom. The molecule has 0 aromatic rings. The second kappa shape index (κ2) is 30.5. The van der Waals surface area contributed by atoms with E-state index in [2.05, 4.69) is 26.0 Å². The van der Waals surface area contributed by atoms with Crippen LogP contribution in [0.5, 0.6) is 0 Å². The fourth-order valence-corrected chi connectivity index (χ4v) is 4.69. The number of allylic oxidation sites excluding steroid dienone is 2. The van der Waals surface area contributed by atoms with Gasteiger partial charge in [0.1, 0.15) is 12.7 Å². The molecule has 0 radical (unpaired) electrons. The number of carbonyl (C=O) groups is 2.